The molecule has 0 amide bonds. The standard InChI is InChI=1S/C24H36N2O6S.2ClH/c1-27-19-9-7-17(21(29-3)23(19)31-5)15-25-11-13-33-14-12-26-16-18-8-10-20(28-2)24(32-6)22(18)30-4;;/h7-10,25-26H,11-16H2,1-6H3;2*1H. The van der Waals surface area contributed by atoms with Gasteiger partial charge in [0.2, 0.25) is 11.5 Å². The second-order valence-corrected chi connectivity index (χ2v) is 8.18. The van der Waals surface area contributed by atoms with E-state index in [4.69, 9.17) is 28.4 Å². The molecule has 2 aromatic carbocycles. The molecule has 11 heteroatoms. The van der Waals surface area contributed by atoms with Crippen molar-refractivity contribution in [2.75, 3.05) is 67.3 Å². The molecule has 0 saturated carbocycles. The number of rotatable bonds is 16. The maximum Gasteiger partial charge on any atom is 0.203 e. The monoisotopic (exact) mass is 552 g/mol. The topological polar surface area (TPSA) is 79.4 Å². The molecule has 0 bridgehead atoms. The molecule has 0 heterocycles. The predicted molar refractivity (Wildman–Crippen MR) is 147 cm³/mol. The van der Waals surface area contributed by atoms with E-state index in [1.54, 1.807) is 42.7 Å². The summed E-state index contributed by atoms with van der Waals surface area (Å²) < 4.78 is 32.6. The van der Waals surface area contributed by atoms with Crippen LogP contribution in [0, 0.1) is 0 Å². The van der Waals surface area contributed by atoms with Gasteiger partial charge in [-0.05, 0) is 12.1 Å². The van der Waals surface area contributed by atoms with Crippen LogP contribution in [0.2, 0.25) is 0 Å². The minimum absolute atomic E-state index is 0. The van der Waals surface area contributed by atoms with E-state index in [9.17, 15) is 0 Å². The molecular formula is C24H38Cl2N2O6S. The molecule has 2 aromatic rings. The highest BCUT2D eigenvalue weighted by Gasteiger charge is 2.16. The summed E-state index contributed by atoms with van der Waals surface area (Å²) in [6.07, 6.45) is 0. The van der Waals surface area contributed by atoms with Gasteiger partial charge in [0.1, 0.15) is 0 Å². The van der Waals surface area contributed by atoms with Crippen molar-refractivity contribution < 1.29 is 28.4 Å². The van der Waals surface area contributed by atoms with Crippen LogP contribution >= 0.6 is 36.6 Å². The fraction of sp³-hybridized carbons (Fsp3) is 0.500. The molecule has 0 unspecified atom stereocenters. The first-order valence-corrected chi connectivity index (χ1v) is 11.8. The molecular weight excluding hydrogens is 515 g/mol. The molecule has 0 aliphatic carbocycles. The van der Waals surface area contributed by atoms with Crippen LogP contribution in [0.5, 0.6) is 34.5 Å². The SMILES string of the molecule is COc1ccc(CNCCSCCNCc2ccc(OC)c(OC)c2OC)c(OC)c1OC.Cl.Cl. The first-order valence-electron chi connectivity index (χ1n) is 10.7. The van der Waals surface area contributed by atoms with Crippen LogP contribution in [0.25, 0.3) is 0 Å². The van der Waals surface area contributed by atoms with Crippen molar-refractivity contribution in [3.05, 3.63) is 35.4 Å². The Morgan fingerprint density at radius 3 is 1.23 bits per heavy atom. The normalized spacial score (nSPS) is 10.0. The minimum Gasteiger partial charge on any atom is -0.493 e. The molecule has 0 aliphatic heterocycles. The molecule has 0 radical (unpaired) electrons. The van der Waals surface area contributed by atoms with E-state index in [0.717, 1.165) is 35.7 Å². The molecule has 0 fully saturated rings. The molecule has 2 rings (SSSR count). The number of methoxy groups -OCH3 is 6. The number of hydrogen-bond donors (Lipinski definition) is 2. The Balaban J connectivity index is 0.00000578. The van der Waals surface area contributed by atoms with Crippen molar-refractivity contribution in [3.8, 4) is 34.5 Å². The van der Waals surface area contributed by atoms with E-state index in [-0.39, 0.29) is 24.8 Å². The molecule has 0 atom stereocenters. The number of thioether (sulfide) groups is 1. The number of halogens is 2. The summed E-state index contributed by atoms with van der Waals surface area (Å²) in [5.74, 6) is 5.97. The van der Waals surface area contributed by atoms with Gasteiger partial charge in [-0.3, -0.25) is 0 Å². The molecule has 0 aliphatic rings. The summed E-state index contributed by atoms with van der Waals surface area (Å²) >= 11 is 1.89. The lowest BCUT2D eigenvalue weighted by atomic mass is 10.1. The maximum atomic E-state index is 5.53. The molecule has 8 nitrogen and oxygen atoms in total. The lowest BCUT2D eigenvalue weighted by molar-refractivity contribution is 0.321. The molecule has 0 spiro atoms. The summed E-state index contributed by atoms with van der Waals surface area (Å²) in [5.41, 5.74) is 2.07. The quantitative estimate of drug-likeness (QED) is 0.298. The zero-order chi connectivity index (χ0) is 24.1. The number of benzene rings is 2. The Morgan fingerprint density at radius 1 is 0.543 bits per heavy atom. The van der Waals surface area contributed by atoms with Crippen LogP contribution in [0.3, 0.4) is 0 Å². The van der Waals surface area contributed by atoms with Gasteiger partial charge in [0.15, 0.2) is 23.0 Å². The Bertz CT molecular complexity index is 807. The molecule has 200 valence electrons. The average molecular weight is 554 g/mol. The van der Waals surface area contributed by atoms with E-state index in [1.807, 2.05) is 36.0 Å². The van der Waals surface area contributed by atoms with Crippen molar-refractivity contribution in [1.29, 1.82) is 0 Å². The van der Waals surface area contributed by atoms with Crippen molar-refractivity contribution in [2.45, 2.75) is 13.1 Å². The van der Waals surface area contributed by atoms with Gasteiger partial charge in [-0.1, -0.05) is 12.1 Å². The Kier molecular flexibility index (Phi) is 17.4. The van der Waals surface area contributed by atoms with Crippen LogP contribution in [-0.2, 0) is 13.1 Å². The fourth-order valence-corrected chi connectivity index (χ4v) is 4.22. The van der Waals surface area contributed by atoms with Crippen molar-refractivity contribution in [1.82, 2.24) is 10.6 Å². The van der Waals surface area contributed by atoms with Gasteiger partial charge in [-0.25, -0.2) is 0 Å². The summed E-state index contributed by atoms with van der Waals surface area (Å²) in [6.45, 7) is 3.18. The van der Waals surface area contributed by atoms with Gasteiger partial charge < -0.3 is 39.1 Å². The zero-order valence-electron chi connectivity index (χ0n) is 21.2. The minimum atomic E-state index is 0. The van der Waals surface area contributed by atoms with Gasteiger partial charge in [0.25, 0.3) is 0 Å². The van der Waals surface area contributed by atoms with E-state index in [1.165, 1.54) is 0 Å². The van der Waals surface area contributed by atoms with Crippen LogP contribution in [-0.4, -0.2) is 67.3 Å². The molecule has 0 saturated heterocycles. The lowest BCUT2D eigenvalue weighted by Crippen LogP contribution is -2.20. The number of ether oxygens (including phenoxy) is 6. The zero-order valence-corrected chi connectivity index (χ0v) is 23.7. The van der Waals surface area contributed by atoms with E-state index < -0.39 is 0 Å². The van der Waals surface area contributed by atoms with Gasteiger partial charge in [-0.15, -0.1) is 24.8 Å². The highest BCUT2D eigenvalue weighted by molar-refractivity contribution is 7.99. The smallest absolute Gasteiger partial charge is 0.203 e. The second kappa shape index (κ2) is 18.4. The summed E-state index contributed by atoms with van der Waals surface area (Å²) in [7, 11) is 9.74. The third-order valence-electron chi connectivity index (χ3n) is 5.05. The Labute approximate surface area is 225 Å². The molecule has 35 heavy (non-hydrogen) atoms. The van der Waals surface area contributed by atoms with E-state index >= 15 is 0 Å². The average Bonchev–Trinajstić information content (AvgIpc) is 2.86. The Morgan fingerprint density at radius 2 is 0.914 bits per heavy atom. The first kappa shape index (κ1) is 33.1. The third kappa shape index (κ3) is 9.24. The predicted octanol–water partition coefficient (Wildman–Crippen LogP) is 4.19. The van der Waals surface area contributed by atoms with Crippen molar-refractivity contribution >= 4 is 36.6 Å². The molecule has 0 aromatic heterocycles. The van der Waals surface area contributed by atoms with Crippen molar-refractivity contribution in [3.63, 3.8) is 0 Å². The number of hydrogen-bond acceptors (Lipinski definition) is 9. The van der Waals surface area contributed by atoms with Crippen molar-refractivity contribution in [2.24, 2.45) is 0 Å². The van der Waals surface area contributed by atoms with Gasteiger partial charge in [0, 0.05) is 48.8 Å². The van der Waals surface area contributed by atoms with Crippen LogP contribution < -0.4 is 39.1 Å². The highest BCUT2D eigenvalue weighted by atomic mass is 35.5. The fourth-order valence-electron chi connectivity index (χ4n) is 3.44. The van der Waals surface area contributed by atoms with Crippen LogP contribution in [0.1, 0.15) is 11.1 Å². The summed E-state index contributed by atoms with van der Waals surface area (Å²) in [5, 5.41) is 6.92. The van der Waals surface area contributed by atoms with E-state index in [2.05, 4.69) is 10.6 Å². The number of nitrogens with one attached hydrogen (secondary N) is 2. The summed E-state index contributed by atoms with van der Waals surface area (Å²) in [4.78, 5) is 0. The Hall–Kier alpha value is -1.91. The van der Waals surface area contributed by atoms with E-state index in [0.29, 0.717) is 47.6 Å². The van der Waals surface area contributed by atoms with Crippen LogP contribution in [0.4, 0.5) is 0 Å². The first-order chi connectivity index (χ1) is 16.1. The third-order valence-corrected chi connectivity index (χ3v) is 6.03. The van der Waals surface area contributed by atoms with Gasteiger partial charge in [-0.2, -0.15) is 11.8 Å². The largest absolute Gasteiger partial charge is 0.493 e. The second-order valence-electron chi connectivity index (χ2n) is 6.95. The van der Waals surface area contributed by atoms with Gasteiger partial charge in [0.05, 0.1) is 42.7 Å². The van der Waals surface area contributed by atoms with Gasteiger partial charge >= 0.3 is 0 Å². The maximum absolute atomic E-state index is 5.53. The lowest BCUT2D eigenvalue weighted by Gasteiger charge is -2.16. The van der Waals surface area contributed by atoms with Crippen LogP contribution in [0.15, 0.2) is 24.3 Å². The highest BCUT2D eigenvalue weighted by Crippen LogP contribution is 2.40. The molecule has 2 N–H and O–H groups in total. The summed E-state index contributed by atoms with van der Waals surface area (Å²) in [6, 6.07) is 7.78.